The van der Waals surface area contributed by atoms with Gasteiger partial charge in [-0.2, -0.15) is 0 Å². The molecular formula is C18H23N3O. The zero-order valence-electron chi connectivity index (χ0n) is 13.3. The van der Waals surface area contributed by atoms with E-state index in [2.05, 4.69) is 39.5 Å². The Morgan fingerprint density at radius 3 is 2.73 bits per heavy atom. The zero-order valence-corrected chi connectivity index (χ0v) is 13.3. The lowest BCUT2D eigenvalue weighted by Crippen LogP contribution is -2.41. The maximum atomic E-state index is 12.2. The van der Waals surface area contributed by atoms with Crippen LogP contribution in [-0.4, -0.2) is 36.7 Å². The molecule has 0 spiro atoms. The SMILES string of the molecule is CC1=C(c2ccc(CNC(=O)C3CCCN3C)cc2)CC=N1. The molecule has 22 heavy (non-hydrogen) atoms. The van der Waals surface area contributed by atoms with Crippen molar-refractivity contribution in [1.29, 1.82) is 0 Å². The largest absolute Gasteiger partial charge is 0.351 e. The number of carbonyl (C=O) groups excluding carboxylic acids is 1. The van der Waals surface area contributed by atoms with Crippen molar-refractivity contribution in [3.05, 3.63) is 41.1 Å². The zero-order chi connectivity index (χ0) is 15.5. The van der Waals surface area contributed by atoms with Crippen LogP contribution in [0.2, 0.25) is 0 Å². The maximum absolute atomic E-state index is 12.2. The van der Waals surface area contributed by atoms with Crippen molar-refractivity contribution >= 4 is 17.7 Å². The summed E-state index contributed by atoms with van der Waals surface area (Å²) < 4.78 is 0. The second kappa shape index (κ2) is 6.44. The molecule has 4 heteroatoms. The molecule has 3 rings (SSSR count). The fourth-order valence-electron chi connectivity index (χ4n) is 3.20. The van der Waals surface area contributed by atoms with Gasteiger partial charge in [0.05, 0.1) is 6.04 Å². The van der Waals surface area contributed by atoms with Crippen LogP contribution >= 0.6 is 0 Å². The molecule has 4 nitrogen and oxygen atoms in total. The number of nitrogens with zero attached hydrogens (tertiary/aromatic N) is 2. The number of likely N-dealkylation sites (tertiary alicyclic amines) is 1. The molecule has 0 aromatic heterocycles. The van der Waals surface area contributed by atoms with Gasteiger partial charge in [-0.1, -0.05) is 24.3 Å². The molecule has 1 atom stereocenters. The number of nitrogens with one attached hydrogen (secondary N) is 1. The third kappa shape index (κ3) is 3.12. The van der Waals surface area contributed by atoms with Crippen LogP contribution in [0.1, 0.15) is 37.3 Å². The summed E-state index contributed by atoms with van der Waals surface area (Å²) in [7, 11) is 2.02. The third-order valence-corrected chi connectivity index (χ3v) is 4.61. The number of hydrogen-bond acceptors (Lipinski definition) is 3. The average Bonchev–Trinajstić information content (AvgIpc) is 3.14. The molecule has 1 aromatic rings. The van der Waals surface area contributed by atoms with Gasteiger partial charge in [0.25, 0.3) is 0 Å². The molecule has 0 bridgehead atoms. The number of amides is 1. The molecule has 1 aromatic carbocycles. The minimum atomic E-state index is 0.0442. The van der Waals surface area contributed by atoms with Crippen molar-refractivity contribution in [2.24, 2.45) is 4.99 Å². The molecule has 1 amide bonds. The highest BCUT2D eigenvalue weighted by atomic mass is 16.2. The van der Waals surface area contributed by atoms with Crippen molar-refractivity contribution in [2.75, 3.05) is 13.6 Å². The monoisotopic (exact) mass is 297 g/mol. The van der Waals surface area contributed by atoms with Gasteiger partial charge in [-0.05, 0) is 50.1 Å². The summed E-state index contributed by atoms with van der Waals surface area (Å²) >= 11 is 0. The molecule has 116 valence electrons. The Bertz CT molecular complexity index is 616. The Morgan fingerprint density at radius 1 is 1.36 bits per heavy atom. The number of allylic oxidation sites excluding steroid dienone is 2. The summed E-state index contributed by atoms with van der Waals surface area (Å²) in [6, 6.07) is 8.47. The second-order valence-electron chi connectivity index (χ2n) is 6.13. The van der Waals surface area contributed by atoms with E-state index in [1.807, 2.05) is 20.2 Å². The number of likely N-dealkylation sites (N-methyl/N-ethyl adjacent to an activating group) is 1. The Kier molecular flexibility index (Phi) is 4.39. The molecule has 0 aliphatic carbocycles. The lowest BCUT2D eigenvalue weighted by molar-refractivity contribution is -0.125. The van der Waals surface area contributed by atoms with Crippen molar-refractivity contribution < 1.29 is 4.79 Å². The average molecular weight is 297 g/mol. The van der Waals surface area contributed by atoms with Gasteiger partial charge in [-0.3, -0.25) is 14.7 Å². The fourth-order valence-corrected chi connectivity index (χ4v) is 3.20. The molecule has 0 saturated carbocycles. The number of carbonyl (C=O) groups is 1. The van der Waals surface area contributed by atoms with E-state index in [4.69, 9.17) is 0 Å². The predicted octanol–water partition coefficient (Wildman–Crippen LogP) is 2.60. The number of benzene rings is 1. The lowest BCUT2D eigenvalue weighted by Gasteiger charge is -2.18. The van der Waals surface area contributed by atoms with E-state index in [1.54, 1.807) is 0 Å². The topological polar surface area (TPSA) is 44.7 Å². The summed E-state index contributed by atoms with van der Waals surface area (Å²) in [6.45, 7) is 3.66. The van der Waals surface area contributed by atoms with E-state index in [9.17, 15) is 4.79 Å². The van der Waals surface area contributed by atoms with Gasteiger partial charge in [0.1, 0.15) is 0 Å². The minimum absolute atomic E-state index is 0.0442. The van der Waals surface area contributed by atoms with Crippen LogP contribution < -0.4 is 5.32 Å². The fraction of sp³-hybridized carbons (Fsp3) is 0.444. The summed E-state index contributed by atoms with van der Waals surface area (Å²) in [5, 5.41) is 3.05. The van der Waals surface area contributed by atoms with E-state index in [0.29, 0.717) is 6.54 Å². The Labute approximate surface area is 131 Å². The van der Waals surface area contributed by atoms with Gasteiger partial charge in [-0.25, -0.2) is 0 Å². The number of hydrogen-bond donors (Lipinski definition) is 1. The van der Waals surface area contributed by atoms with Crippen LogP contribution in [0.15, 0.2) is 35.0 Å². The van der Waals surface area contributed by atoms with Gasteiger partial charge in [0, 0.05) is 24.9 Å². The van der Waals surface area contributed by atoms with Crippen molar-refractivity contribution in [2.45, 2.75) is 38.8 Å². The highest BCUT2D eigenvalue weighted by molar-refractivity contribution is 5.86. The molecule has 1 N–H and O–H groups in total. The first-order chi connectivity index (χ1) is 10.6. The second-order valence-corrected chi connectivity index (χ2v) is 6.13. The molecule has 1 unspecified atom stereocenters. The summed E-state index contributed by atoms with van der Waals surface area (Å²) in [4.78, 5) is 18.6. The van der Waals surface area contributed by atoms with Gasteiger partial charge < -0.3 is 5.32 Å². The van der Waals surface area contributed by atoms with Crippen LogP contribution in [0.4, 0.5) is 0 Å². The van der Waals surface area contributed by atoms with E-state index in [-0.39, 0.29) is 11.9 Å². The first kappa shape index (κ1) is 15.0. The molecule has 2 aliphatic rings. The van der Waals surface area contributed by atoms with Crippen molar-refractivity contribution in [1.82, 2.24) is 10.2 Å². The summed E-state index contributed by atoms with van der Waals surface area (Å²) in [5.41, 5.74) is 4.75. The van der Waals surface area contributed by atoms with E-state index in [1.165, 1.54) is 11.1 Å². The first-order valence-corrected chi connectivity index (χ1v) is 7.94. The van der Waals surface area contributed by atoms with Gasteiger partial charge in [-0.15, -0.1) is 0 Å². The van der Waals surface area contributed by atoms with E-state index < -0.39 is 0 Å². The molecular weight excluding hydrogens is 274 g/mol. The third-order valence-electron chi connectivity index (χ3n) is 4.61. The van der Waals surface area contributed by atoms with Crippen LogP contribution in [0.3, 0.4) is 0 Å². The first-order valence-electron chi connectivity index (χ1n) is 7.94. The summed E-state index contributed by atoms with van der Waals surface area (Å²) in [6.07, 6.45) is 4.95. The summed E-state index contributed by atoms with van der Waals surface area (Å²) in [5.74, 6) is 0.145. The van der Waals surface area contributed by atoms with Crippen molar-refractivity contribution in [3.63, 3.8) is 0 Å². The standard InChI is InChI=1S/C18H23N3O/c1-13-16(9-10-19-13)15-7-5-14(6-8-15)12-20-18(22)17-4-3-11-21(17)2/h5-8,10,17H,3-4,9,11-12H2,1-2H3,(H,20,22). The highest BCUT2D eigenvalue weighted by Crippen LogP contribution is 2.26. The van der Waals surface area contributed by atoms with Gasteiger partial charge in [0.15, 0.2) is 0 Å². The van der Waals surface area contributed by atoms with Crippen LogP contribution in [0, 0.1) is 0 Å². The Balaban J connectivity index is 1.57. The van der Waals surface area contributed by atoms with Crippen molar-refractivity contribution in [3.8, 4) is 0 Å². The molecule has 2 aliphatic heterocycles. The van der Waals surface area contributed by atoms with Crippen LogP contribution in [-0.2, 0) is 11.3 Å². The lowest BCUT2D eigenvalue weighted by atomic mass is 10.0. The maximum Gasteiger partial charge on any atom is 0.237 e. The molecule has 1 saturated heterocycles. The molecule has 2 heterocycles. The minimum Gasteiger partial charge on any atom is -0.351 e. The molecule has 0 radical (unpaired) electrons. The van der Waals surface area contributed by atoms with Crippen LogP contribution in [0.5, 0.6) is 0 Å². The number of aliphatic imine (C=N–C) groups is 1. The molecule has 1 fully saturated rings. The Morgan fingerprint density at radius 2 is 2.14 bits per heavy atom. The number of rotatable bonds is 4. The van der Waals surface area contributed by atoms with Crippen LogP contribution in [0.25, 0.3) is 5.57 Å². The predicted molar refractivity (Wildman–Crippen MR) is 89.6 cm³/mol. The normalized spacial score (nSPS) is 21.6. The quantitative estimate of drug-likeness (QED) is 0.928. The smallest absolute Gasteiger partial charge is 0.237 e. The van der Waals surface area contributed by atoms with E-state index >= 15 is 0 Å². The Hall–Kier alpha value is -1.94. The van der Waals surface area contributed by atoms with Gasteiger partial charge in [0.2, 0.25) is 5.91 Å². The van der Waals surface area contributed by atoms with Gasteiger partial charge >= 0.3 is 0 Å². The van der Waals surface area contributed by atoms with E-state index in [0.717, 1.165) is 37.1 Å². The highest BCUT2D eigenvalue weighted by Gasteiger charge is 2.27.